The third kappa shape index (κ3) is 3.15. The molecule has 2 fully saturated rings. The first kappa shape index (κ1) is 20.3. The summed E-state index contributed by atoms with van der Waals surface area (Å²) in [5.74, 6) is -4.09. The fourth-order valence-corrected chi connectivity index (χ4v) is 4.09. The van der Waals surface area contributed by atoms with E-state index in [1.54, 1.807) is 25.4 Å². The van der Waals surface area contributed by atoms with Gasteiger partial charge in [0, 0.05) is 19.6 Å². The maximum absolute atomic E-state index is 14.1. The third-order valence-electron chi connectivity index (χ3n) is 6.28. The summed E-state index contributed by atoms with van der Waals surface area (Å²) < 4.78 is 34.3. The van der Waals surface area contributed by atoms with E-state index in [0.717, 1.165) is 0 Å². The molecule has 1 saturated heterocycles. The molecule has 1 aliphatic heterocycles. The number of hydrogen-bond donors (Lipinski definition) is 2. The second kappa shape index (κ2) is 6.93. The van der Waals surface area contributed by atoms with E-state index in [0.29, 0.717) is 22.6 Å². The highest BCUT2D eigenvalue weighted by molar-refractivity contribution is 5.92. The van der Waals surface area contributed by atoms with Crippen LogP contribution in [0.2, 0.25) is 0 Å². The van der Waals surface area contributed by atoms with E-state index in [1.165, 1.54) is 16.3 Å². The van der Waals surface area contributed by atoms with Gasteiger partial charge in [0.1, 0.15) is 5.69 Å². The largest absolute Gasteiger partial charge is 0.345 e. The first-order chi connectivity index (χ1) is 15.2. The van der Waals surface area contributed by atoms with Crippen LogP contribution in [0.4, 0.5) is 13.6 Å². The molecule has 0 bridgehead atoms. The van der Waals surface area contributed by atoms with Crippen molar-refractivity contribution in [1.82, 2.24) is 40.4 Å². The van der Waals surface area contributed by atoms with Crippen molar-refractivity contribution in [3.05, 3.63) is 41.1 Å². The van der Waals surface area contributed by atoms with Crippen LogP contribution in [-0.4, -0.2) is 60.8 Å². The first-order valence-electron chi connectivity index (χ1n) is 10.00. The Morgan fingerprint density at radius 1 is 1.41 bits per heavy atom. The lowest BCUT2D eigenvalue weighted by Gasteiger charge is -2.22. The number of halogens is 2. The zero-order valence-electron chi connectivity index (χ0n) is 17.3. The molecule has 168 valence electrons. The average molecular weight is 446 g/mol. The van der Waals surface area contributed by atoms with Gasteiger partial charge in [0.15, 0.2) is 11.3 Å². The molecule has 2 aliphatic rings. The number of hydrogen-bond acceptors (Lipinski definition) is 7. The number of nitrogens with zero attached hydrogens (tertiary/aromatic N) is 6. The van der Waals surface area contributed by atoms with E-state index in [2.05, 4.69) is 35.7 Å². The van der Waals surface area contributed by atoms with Crippen molar-refractivity contribution >= 4 is 17.6 Å². The summed E-state index contributed by atoms with van der Waals surface area (Å²) in [6.45, 7) is 3.31. The van der Waals surface area contributed by atoms with Gasteiger partial charge in [-0.15, -0.1) is 0 Å². The van der Waals surface area contributed by atoms with Crippen molar-refractivity contribution in [1.29, 1.82) is 0 Å². The average Bonchev–Trinajstić information content (AvgIpc) is 3.14. The Hall–Kier alpha value is -3.64. The lowest BCUT2D eigenvalue weighted by molar-refractivity contribution is 0.0551. The molecule has 3 aromatic heterocycles. The van der Waals surface area contributed by atoms with Gasteiger partial charge in [-0.25, -0.2) is 27.7 Å². The van der Waals surface area contributed by atoms with Crippen LogP contribution in [0.25, 0.3) is 5.65 Å². The van der Waals surface area contributed by atoms with Crippen LogP contribution in [0.1, 0.15) is 34.4 Å². The van der Waals surface area contributed by atoms with Crippen molar-refractivity contribution < 1.29 is 23.0 Å². The predicted octanol–water partition coefficient (Wildman–Crippen LogP) is 1.15. The van der Waals surface area contributed by atoms with Crippen molar-refractivity contribution in [2.75, 3.05) is 13.1 Å². The second-order valence-electron chi connectivity index (χ2n) is 8.41. The number of rotatable bonds is 5. The third-order valence-corrected chi connectivity index (χ3v) is 6.28. The molecule has 11 nitrogen and oxygen atoms in total. The highest BCUT2D eigenvalue weighted by atomic mass is 19.3. The number of fused-ring (bicyclic) bond motifs is 2. The summed E-state index contributed by atoms with van der Waals surface area (Å²) in [5, 5.41) is 16.7. The zero-order chi connectivity index (χ0) is 22.7. The number of nitrogens with one attached hydrogen (secondary N) is 2. The summed E-state index contributed by atoms with van der Waals surface area (Å²) in [5.41, 5.74) is 1.00. The molecule has 5 rings (SSSR count). The van der Waals surface area contributed by atoms with E-state index < -0.39 is 23.2 Å². The molecule has 2 unspecified atom stereocenters. The summed E-state index contributed by atoms with van der Waals surface area (Å²) in [6, 6.07) is 1.35. The first-order valence-corrected chi connectivity index (χ1v) is 10.00. The fourth-order valence-electron chi connectivity index (χ4n) is 4.09. The molecule has 2 atom stereocenters. The van der Waals surface area contributed by atoms with E-state index in [9.17, 15) is 18.4 Å². The van der Waals surface area contributed by atoms with Crippen molar-refractivity contribution in [2.45, 2.75) is 32.9 Å². The van der Waals surface area contributed by atoms with Crippen LogP contribution in [0, 0.1) is 18.3 Å². The predicted molar refractivity (Wildman–Crippen MR) is 104 cm³/mol. The SMILES string of the molecule is Cc1nonc1C(=O)NCc1cn2ncc(CN3CC4C(F)(F)C4(C)CNC3=O)cc2n1. The molecule has 2 N–H and O–H groups in total. The van der Waals surface area contributed by atoms with Gasteiger partial charge in [-0.2, -0.15) is 5.10 Å². The number of aryl methyl sites for hydroxylation is 1. The molecule has 1 aliphatic carbocycles. The van der Waals surface area contributed by atoms with Crippen molar-refractivity contribution in [3.8, 4) is 0 Å². The Morgan fingerprint density at radius 3 is 2.97 bits per heavy atom. The number of urea groups is 1. The van der Waals surface area contributed by atoms with Gasteiger partial charge in [0.05, 0.1) is 36.0 Å². The molecule has 0 spiro atoms. The Kier molecular flexibility index (Phi) is 4.39. The zero-order valence-corrected chi connectivity index (χ0v) is 17.3. The lowest BCUT2D eigenvalue weighted by atomic mass is 10.1. The maximum atomic E-state index is 14.1. The minimum absolute atomic E-state index is 0.0252. The Labute approximate surface area is 180 Å². The number of imidazole rings is 1. The molecule has 32 heavy (non-hydrogen) atoms. The second-order valence-corrected chi connectivity index (χ2v) is 8.41. The molecule has 0 radical (unpaired) electrons. The fraction of sp³-hybridized carbons (Fsp3) is 0.474. The van der Waals surface area contributed by atoms with Gasteiger partial charge in [-0.3, -0.25) is 4.79 Å². The van der Waals surface area contributed by atoms with E-state index >= 15 is 0 Å². The van der Waals surface area contributed by atoms with Crippen LogP contribution in [0.15, 0.2) is 23.1 Å². The van der Waals surface area contributed by atoms with Crippen LogP contribution in [-0.2, 0) is 13.1 Å². The van der Waals surface area contributed by atoms with E-state index in [-0.39, 0.29) is 37.9 Å². The maximum Gasteiger partial charge on any atom is 0.317 e. The monoisotopic (exact) mass is 446 g/mol. The Morgan fingerprint density at radius 2 is 2.22 bits per heavy atom. The number of carbonyl (C=O) groups is 2. The number of aromatic nitrogens is 5. The molecular formula is C19H20F2N8O3. The quantitative estimate of drug-likeness (QED) is 0.601. The highest BCUT2D eigenvalue weighted by Crippen LogP contribution is 2.66. The van der Waals surface area contributed by atoms with Crippen LogP contribution < -0.4 is 10.6 Å². The van der Waals surface area contributed by atoms with E-state index in [4.69, 9.17) is 0 Å². The molecular weight excluding hydrogens is 426 g/mol. The van der Waals surface area contributed by atoms with Crippen LogP contribution >= 0.6 is 0 Å². The van der Waals surface area contributed by atoms with Gasteiger partial charge in [0.25, 0.3) is 11.8 Å². The standard InChI is InChI=1S/C19H20F2N8O3/c1-10-15(27-32-26-10)16(30)22-5-12-7-29-14(25-12)3-11(4-24-29)6-28-8-13-18(2,19(13,20)21)9-23-17(28)31/h3-4,7,13H,5-6,8-9H2,1-2H3,(H,22,30)(H,23,31). The summed E-state index contributed by atoms with van der Waals surface area (Å²) in [7, 11) is 0. The molecule has 3 aromatic rings. The lowest BCUT2D eigenvalue weighted by Crippen LogP contribution is -2.41. The minimum Gasteiger partial charge on any atom is -0.345 e. The Bertz CT molecular complexity index is 1220. The number of alkyl halides is 2. The van der Waals surface area contributed by atoms with Gasteiger partial charge >= 0.3 is 6.03 Å². The number of amides is 3. The summed E-state index contributed by atoms with van der Waals surface area (Å²) in [6.07, 6.45) is 3.21. The molecule has 1 saturated carbocycles. The summed E-state index contributed by atoms with van der Waals surface area (Å²) in [4.78, 5) is 30.3. The smallest absolute Gasteiger partial charge is 0.317 e. The van der Waals surface area contributed by atoms with Crippen molar-refractivity contribution in [3.63, 3.8) is 0 Å². The molecule has 0 aromatic carbocycles. The minimum atomic E-state index is -2.79. The molecule has 4 heterocycles. The van der Waals surface area contributed by atoms with Gasteiger partial charge < -0.3 is 15.5 Å². The van der Waals surface area contributed by atoms with Crippen LogP contribution in [0.3, 0.4) is 0 Å². The van der Waals surface area contributed by atoms with Gasteiger partial charge in [-0.05, 0) is 23.7 Å². The van der Waals surface area contributed by atoms with Crippen molar-refractivity contribution in [2.24, 2.45) is 11.3 Å². The van der Waals surface area contributed by atoms with E-state index in [1.807, 2.05) is 0 Å². The topological polar surface area (TPSA) is 131 Å². The number of carbonyl (C=O) groups excluding carboxylic acids is 2. The van der Waals surface area contributed by atoms with Gasteiger partial charge in [0.2, 0.25) is 0 Å². The molecule has 13 heteroatoms. The normalized spacial score (nSPS) is 24.1. The summed E-state index contributed by atoms with van der Waals surface area (Å²) >= 11 is 0. The molecule has 3 amide bonds. The van der Waals surface area contributed by atoms with Crippen LogP contribution in [0.5, 0.6) is 0 Å². The van der Waals surface area contributed by atoms with Gasteiger partial charge in [-0.1, -0.05) is 12.1 Å². The highest BCUT2D eigenvalue weighted by Gasteiger charge is 2.78. The Balaban J connectivity index is 1.27.